The zero-order chi connectivity index (χ0) is 18.9. The van der Waals surface area contributed by atoms with E-state index in [1.54, 1.807) is 19.1 Å². The molecule has 2 rings (SSSR count). The second-order valence-corrected chi connectivity index (χ2v) is 6.55. The number of hydrogen-bond donors (Lipinski definition) is 0. The maximum absolute atomic E-state index is 11.9. The number of nitrogens with zero attached hydrogens (tertiary/aromatic N) is 1. The summed E-state index contributed by atoms with van der Waals surface area (Å²) in [6.07, 6.45) is -0.659. The van der Waals surface area contributed by atoms with Crippen molar-refractivity contribution in [3.05, 3.63) is 59.1 Å². The monoisotopic (exact) mass is 377 g/mol. The number of rotatable bonds is 9. The van der Waals surface area contributed by atoms with Crippen LogP contribution in [0.1, 0.15) is 12.5 Å². The number of carbonyl (C=O) groups is 1. The summed E-state index contributed by atoms with van der Waals surface area (Å²) >= 11 is 5.85. The minimum atomic E-state index is -0.659. The van der Waals surface area contributed by atoms with Crippen LogP contribution in [0.25, 0.3) is 0 Å². The van der Waals surface area contributed by atoms with Crippen LogP contribution >= 0.6 is 11.6 Å². The third kappa shape index (κ3) is 6.94. The molecule has 0 aliphatic heterocycles. The van der Waals surface area contributed by atoms with Crippen LogP contribution < -0.4 is 9.47 Å². The number of esters is 1. The second kappa shape index (κ2) is 10.0. The van der Waals surface area contributed by atoms with Gasteiger partial charge in [0.1, 0.15) is 24.7 Å². The first-order chi connectivity index (χ1) is 12.4. The van der Waals surface area contributed by atoms with E-state index in [4.69, 9.17) is 25.8 Å². The quantitative estimate of drug-likeness (QED) is 0.622. The molecule has 0 bridgehead atoms. The minimum absolute atomic E-state index is 0.348. The van der Waals surface area contributed by atoms with E-state index in [0.717, 1.165) is 11.3 Å². The van der Waals surface area contributed by atoms with Gasteiger partial charge in [-0.05, 0) is 63.0 Å². The standard InChI is InChI=1S/C20H24ClNO4/c1-15(20(23)24-13-12-22(2)3)26-19-8-4-16(5-9-19)14-25-18-10-6-17(21)7-11-18/h4-11,15H,12-14H2,1-3H3. The first-order valence-corrected chi connectivity index (χ1v) is 8.77. The molecule has 26 heavy (non-hydrogen) atoms. The van der Waals surface area contributed by atoms with Crippen LogP contribution in [0.15, 0.2) is 48.5 Å². The van der Waals surface area contributed by atoms with Crippen molar-refractivity contribution in [3.8, 4) is 11.5 Å². The molecule has 1 unspecified atom stereocenters. The summed E-state index contributed by atoms with van der Waals surface area (Å²) in [5, 5.41) is 0.674. The highest BCUT2D eigenvalue weighted by atomic mass is 35.5. The summed E-state index contributed by atoms with van der Waals surface area (Å²) in [6.45, 7) is 3.14. The van der Waals surface area contributed by atoms with Crippen LogP contribution in [0.5, 0.6) is 11.5 Å². The van der Waals surface area contributed by atoms with Crippen LogP contribution in [-0.4, -0.2) is 44.2 Å². The van der Waals surface area contributed by atoms with E-state index in [2.05, 4.69) is 0 Å². The fourth-order valence-corrected chi connectivity index (χ4v) is 2.19. The molecule has 1 atom stereocenters. The van der Waals surface area contributed by atoms with Gasteiger partial charge < -0.3 is 19.1 Å². The Morgan fingerprint density at radius 2 is 1.65 bits per heavy atom. The zero-order valence-electron chi connectivity index (χ0n) is 15.3. The molecule has 6 heteroatoms. The molecule has 2 aromatic carbocycles. The van der Waals surface area contributed by atoms with Crippen molar-refractivity contribution in [1.29, 1.82) is 0 Å². The third-order valence-corrected chi connectivity index (χ3v) is 3.82. The van der Waals surface area contributed by atoms with E-state index in [1.807, 2.05) is 55.4 Å². The fraction of sp³-hybridized carbons (Fsp3) is 0.350. The van der Waals surface area contributed by atoms with Crippen LogP contribution in [0, 0.1) is 0 Å². The molecule has 0 saturated heterocycles. The molecule has 0 heterocycles. The Hall–Kier alpha value is -2.24. The minimum Gasteiger partial charge on any atom is -0.489 e. The molecule has 0 aliphatic carbocycles. The van der Waals surface area contributed by atoms with Gasteiger partial charge >= 0.3 is 5.97 Å². The Balaban J connectivity index is 1.79. The first kappa shape index (κ1) is 20.1. The fourth-order valence-electron chi connectivity index (χ4n) is 2.06. The molecule has 0 N–H and O–H groups in total. The SMILES string of the molecule is CC(Oc1ccc(COc2ccc(Cl)cc2)cc1)C(=O)OCCN(C)C. The highest BCUT2D eigenvalue weighted by Crippen LogP contribution is 2.18. The van der Waals surface area contributed by atoms with Crippen LogP contribution in [0.3, 0.4) is 0 Å². The van der Waals surface area contributed by atoms with Gasteiger partial charge in [0.2, 0.25) is 0 Å². The molecule has 0 fully saturated rings. The number of halogens is 1. The summed E-state index contributed by atoms with van der Waals surface area (Å²) in [6, 6.07) is 14.6. The van der Waals surface area contributed by atoms with Gasteiger partial charge in [-0.3, -0.25) is 0 Å². The van der Waals surface area contributed by atoms with E-state index in [-0.39, 0.29) is 5.97 Å². The molecule has 0 saturated carbocycles. The van der Waals surface area contributed by atoms with E-state index in [1.165, 1.54) is 0 Å². The largest absolute Gasteiger partial charge is 0.489 e. The Morgan fingerprint density at radius 1 is 1.04 bits per heavy atom. The summed E-state index contributed by atoms with van der Waals surface area (Å²) in [5.41, 5.74) is 0.994. The Kier molecular flexibility index (Phi) is 7.75. The highest BCUT2D eigenvalue weighted by Gasteiger charge is 2.16. The molecule has 140 valence electrons. The number of hydrogen-bond acceptors (Lipinski definition) is 5. The average Bonchev–Trinajstić information content (AvgIpc) is 2.62. The van der Waals surface area contributed by atoms with Gasteiger partial charge in [0, 0.05) is 11.6 Å². The summed E-state index contributed by atoms with van der Waals surface area (Å²) in [4.78, 5) is 13.8. The van der Waals surface area contributed by atoms with Crippen molar-refractivity contribution < 1.29 is 19.0 Å². The molecule has 0 radical (unpaired) electrons. The Morgan fingerprint density at radius 3 is 2.27 bits per heavy atom. The van der Waals surface area contributed by atoms with Crippen molar-refractivity contribution in [2.45, 2.75) is 19.6 Å². The van der Waals surface area contributed by atoms with E-state index in [9.17, 15) is 4.79 Å². The third-order valence-electron chi connectivity index (χ3n) is 3.57. The molecule has 0 spiro atoms. The molecule has 0 aliphatic rings. The topological polar surface area (TPSA) is 48.0 Å². The van der Waals surface area contributed by atoms with Crippen LogP contribution in [0.4, 0.5) is 0 Å². The normalized spacial score (nSPS) is 11.9. The van der Waals surface area contributed by atoms with Gasteiger partial charge in [0.15, 0.2) is 6.10 Å². The molecule has 2 aromatic rings. The number of carbonyl (C=O) groups excluding carboxylic acids is 1. The van der Waals surface area contributed by atoms with Gasteiger partial charge in [-0.25, -0.2) is 4.79 Å². The van der Waals surface area contributed by atoms with Crippen LogP contribution in [-0.2, 0) is 16.1 Å². The van der Waals surface area contributed by atoms with Crippen LogP contribution in [0.2, 0.25) is 5.02 Å². The molecular formula is C20H24ClNO4. The lowest BCUT2D eigenvalue weighted by molar-refractivity contribution is -0.151. The molecule has 0 aromatic heterocycles. The average molecular weight is 378 g/mol. The summed E-state index contributed by atoms with van der Waals surface area (Å²) in [5.74, 6) is 0.989. The maximum Gasteiger partial charge on any atom is 0.347 e. The summed E-state index contributed by atoms with van der Waals surface area (Å²) < 4.78 is 16.5. The number of likely N-dealkylation sites (N-methyl/N-ethyl adjacent to an activating group) is 1. The number of ether oxygens (including phenoxy) is 3. The van der Waals surface area contributed by atoms with Gasteiger partial charge in [-0.15, -0.1) is 0 Å². The van der Waals surface area contributed by atoms with E-state index < -0.39 is 6.10 Å². The maximum atomic E-state index is 11.9. The van der Waals surface area contributed by atoms with Gasteiger partial charge in [-0.2, -0.15) is 0 Å². The van der Waals surface area contributed by atoms with Crippen molar-refractivity contribution >= 4 is 17.6 Å². The van der Waals surface area contributed by atoms with Gasteiger partial charge in [0.05, 0.1) is 0 Å². The zero-order valence-corrected chi connectivity index (χ0v) is 16.0. The lowest BCUT2D eigenvalue weighted by Crippen LogP contribution is -2.29. The molecular weight excluding hydrogens is 354 g/mol. The van der Waals surface area contributed by atoms with E-state index in [0.29, 0.717) is 30.5 Å². The smallest absolute Gasteiger partial charge is 0.347 e. The Labute approximate surface area is 159 Å². The van der Waals surface area contributed by atoms with Crippen molar-refractivity contribution in [1.82, 2.24) is 4.90 Å². The second-order valence-electron chi connectivity index (χ2n) is 6.12. The molecule has 0 amide bonds. The predicted molar refractivity (Wildman–Crippen MR) is 102 cm³/mol. The lowest BCUT2D eigenvalue weighted by Gasteiger charge is -2.15. The predicted octanol–water partition coefficient (Wildman–Crippen LogP) is 3.79. The summed E-state index contributed by atoms with van der Waals surface area (Å²) in [7, 11) is 3.85. The lowest BCUT2D eigenvalue weighted by atomic mass is 10.2. The highest BCUT2D eigenvalue weighted by molar-refractivity contribution is 6.30. The van der Waals surface area contributed by atoms with Gasteiger partial charge in [-0.1, -0.05) is 23.7 Å². The van der Waals surface area contributed by atoms with Gasteiger partial charge in [0.25, 0.3) is 0 Å². The first-order valence-electron chi connectivity index (χ1n) is 8.39. The number of benzene rings is 2. The van der Waals surface area contributed by atoms with Crippen molar-refractivity contribution in [2.24, 2.45) is 0 Å². The Bertz CT molecular complexity index is 686. The van der Waals surface area contributed by atoms with E-state index >= 15 is 0 Å². The molecule has 5 nitrogen and oxygen atoms in total. The van der Waals surface area contributed by atoms with Crippen molar-refractivity contribution in [2.75, 3.05) is 27.2 Å². The van der Waals surface area contributed by atoms with Crippen molar-refractivity contribution in [3.63, 3.8) is 0 Å².